The number of allylic oxidation sites excluding steroid dienone is 1. The van der Waals surface area contributed by atoms with Gasteiger partial charge in [0.25, 0.3) is 0 Å². The van der Waals surface area contributed by atoms with Gasteiger partial charge in [0, 0.05) is 0 Å². The summed E-state index contributed by atoms with van der Waals surface area (Å²) in [6.07, 6.45) is 4.33. The highest BCUT2D eigenvalue weighted by Crippen LogP contribution is 2.76. The molecule has 0 aromatic carbocycles. The lowest BCUT2D eigenvalue weighted by Crippen LogP contribution is -2.52. The van der Waals surface area contributed by atoms with Crippen LogP contribution >= 0.6 is 0 Å². The minimum absolute atomic E-state index is 0.0991. The van der Waals surface area contributed by atoms with Crippen LogP contribution in [0.1, 0.15) is 45.4 Å². The third-order valence-corrected chi connectivity index (χ3v) is 8.50. The second kappa shape index (κ2) is 5.82. The Morgan fingerprint density at radius 2 is 1.92 bits per heavy atom. The first kappa shape index (κ1) is 18.0. The summed E-state index contributed by atoms with van der Waals surface area (Å²) in [5, 5.41) is 10.6. The number of aliphatic hydroxyl groups excluding tert-OH is 1. The number of carbonyl (C=O) groups excluding carboxylic acids is 2. The van der Waals surface area contributed by atoms with Crippen LogP contribution in [0.4, 0.5) is 0 Å². The first-order valence-electron chi connectivity index (χ1n) is 9.85. The molecule has 0 saturated heterocycles. The highest BCUT2D eigenvalue weighted by Gasteiger charge is 2.76. The molecule has 26 heavy (non-hydrogen) atoms. The van der Waals surface area contributed by atoms with Gasteiger partial charge in [0.2, 0.25) is 0 Å². The molecule has 4 rings (SSSR count). The van der Waals surface area contributed by atoms with E-state index in [1.165, 1.54) is 19.8 Å². The molecule has 8 atom stereocenters. The second-order valence-corrected chi connectivity index (χ2v) is 9.12. The van der Waals surface area contributed by atoms with E-state index in [1.54, 1.807) is 0 Å². The molecule has 2 unspecified atom stereocenters. The predicted molar refractivity (Wildman–Crippen MR) is 94.9 cm³/mol. The molecule has 5 nitrogen and oxygen atoms in total. The van der Waals surface area contributed by atoms with Crippen molar-refractivity contribution in [2.45, 2.75) is 51.6 Å². The molecule has 0 amide bonds. The Balaban J connectivity index is 1.94. The van der Waals surface area contributed by atoms with Crippen LogP contribution in [-0.2, 0) is 19.1 Å². The van der Waals surface area contributed by atoms with Crippen molar-refractivity contribution in [3.63, 3.8) is 0 Å². The van der Waals surface area contributed by atoms with Crippen molar-refractivity contribution >= 4 is 11.9 Å². The fraction of sp³-hybridized carbons (Fsp3) is 0.810. The van der Waals surface area contributed by atoms with E-state index in [-0.39, 0.29) is 41.0 Å². The van der Waals surface area contributed by atoms with Gasteiger partial charge in [-0.05, 0) is 67.6 Å². The normalized spacial score (nSPS) is 49.3. The lowest BCUT2D eigenvalue weighted by Gasteiger charge is -2.47. The van der Waals surface area contributed by atoms with Gasteiger partial charge >= 0.3 is 11.9 Å². The van der Waals surface area contributed by atoms with Crippen molar-refractivity contribution in [1.82, 2.24) is 0 Å². The zero-order chi connectivity index (χ0) is 18.9. The van der Waals surface area contributed by atoms with Crippen molar-refractivity contribution in [2.24, 2.45) is 40.4 Å². The standard InChI is InChI=1S/C21H30O5/c1-11-9-20-10-13(11)5-6-15(20)21(19(24)26-4)8-7-14(22)12(2)16(21)17(20)18(23)25-3/h12-17,22H,1,5-10H2,2-4H3/t12-,13+,14+,15?,16?,17+,20-,21+/m0/s1. The zero-order valence-corrected chi connectivity index (χ0v) is 16.0. The van der Waals surface area contributed by atoms with Crippen molar-refractivity contribution in [3.8, 4) is 0 Å². The van der Waals surface area contributed by atoms with Gasteiger partial charge in [-0.25, -0.2) is 0 Å². The van der Waals surface area contributed by atoms with E-state index in [0.29, 0.717) is 18.8 Å². The molecule has 0 radical (unpaired) electrons. The van der Waals surface area contributed by atoms with Crippen LogP contribution in [0, 0.1) is 40.4 Å². The second-order valence-electron chi connectivity index (χ2n) is 9.12. The van der Waals surface area contributed by atoms with Crippen molar-refractivity contribution in [3.05, 3.63) is 12.2 Å². The SMILES string of the molecule is C=C1C[C@]23C[C@H]1CCC2[C@]1(C(=O)OC)CC[C@@H](O)[C@H](C)C1[C@@H]3C(=O)OC. The molecule has 0 aromatic rings. The third kappa shape index (κ3) is 1.96. The molecular formula is C21H30O5. The highest BCUT2D eigenvalue weighted by atomic mass is 16.5. The Morgan fingerprint density at radius 1 is 1.19 bits per heavy atom. The molecule has 1 spiro atoms. The van der Waals surface area contributed by atoms with Crippen molar-refractivity contribution < 1.29 is 24.2 Å². The van der Waals surface area contributed by atoms with Gasteiger partial charge in [0.1, 0.15) is 0 Å². The number of hydrogen-bond donors (Lipinski definition) is 1. The molecule has 0 heterocycles. The van der Waals surface area contributed by atoms with Gasteiger partial charge in [-0.3, -0.25) is 9.59 Å². The lowest BCUT2D eigenvalue weighted by molar-refractivity contribution is -0.171. The number of esters is 2. The van der Waals surface area contributed by atoms with Crippen LogP contribution in [0.25, 0.3) is 0 Å². The number of ether oxygens (including phenoxy) is 2. The summed E-state index contributed by atoms with van der Waals surface area (Å²) < 4.78 is 10.6. The third-order valence-electron chi connectivity index (χ3n) is 8.50. The van der Waals surface area contributed by atoms with Gasteiger partial charge < -0.3 is 14.6 Å². The summed E-state index contributed by atoms with van der Waals surface area (Å²) in [6, 6.07) is 0. The molecule has 144 valence electrons. The largest absolute Gasteiger partial charge is 0.469 e. The first-order valence-corrected chi connectivity index (χ1v) is 9.85. The molecular weight excluding hydrogens is 332 g/mol. The maximum Gasteiger partial charge on any atom is 0.312 e. The van der Waals surface area contributed by atoms with Crippen LogP contribution in [0.15, 0.2) is 12.2 Å². The first-order chi connectivity index (χ1) is 12.3. The molecule has 2 bridgehead atoms. The minimum Gasteiger partial charge on any atom is -0.469 e. The van der Waals surface area contributed by atoms with E-state index >= 15 is 0 Å². The maximum atomic E-state index is 13.2. The van der Waals surface area contributed by atoms with E-state index in [1.807, 2.05) is 6.92 Å². The minimum atomic E-state index is -0.693. The fourth-order valence-corrected chi connectivity index (χ4v) is 7.66. The molecule has 0 aliphatic heterocycles. The summed E-state index contributed by atoms with van der Waals surface area (Å²) in [5.41, 5.74) is 0.250. The fourth-order valence-electron chi connectivity index (χ4n) is 7.66. The van der Waals surface area contributed by atoms with Gasteiger partial charge in [-0.15, -0.1) is 0 Å². The summed E-state index contributed by atoms with van der Waals surface area (Å²) in [7, 11) is 2.88. The summed E-state index contributed by atoms with van der Waals surface area (Å²) >= 11 is 0. The van der Waals surface area contributed by atoms with Crippen molar-refractivity contribution in [2.75, 3.05) is 14.2 Å². The Bertz CT molecular complexity index is 657. The number of aliphatic hydroxyl groups is 1. The Labute approximate surface area is 155 Å². The molecule has 4 fully saturated rings. The van der Waals surface area contributed by atoms with Crippen LogP contribution in [0.5, 0.6) is 0 Å². The van der Waals surface area contributed by atoms with Gasteiger partial charge in [-0.2, -0.15) is 0 Å². The topological polar surface area (TPSA) is 72.8 Å². The van der Waals surface area contributed by atoms with Crippen LogP contribution in [0.2, 0.25) is 0 Å². The number of fused-ring (bicyclic) bond motifs is 3. The molecule has 1 N–H and O–H groups in total. The van der Waals surface area contributed by atoms with Crippen molar-refractivity contribution in [1.29, 1.82) is 0 Å². The van der Waals surface area contributed by atoms with Gasteiger partial charge in [0.05, 0.1) is 31.7 Å². The average Bonchev–Trinajstić information content (AvgIpc) is 3.05. The van der Waals surface area contributed by atoms with E-state index in [0.717, 1.165) is 25.7 Å². The van der Waals surface area contributed by atoms with Gasteiger partial charge in [0.15, 0.2) is 0 Å². The number of carbonyl (C=O) groups is 2. The van der Waals surface area contributed by atoms with E-state index in [9.17, 15) is 14.7 Å². The van der Waals surface area contributed by atoms with E-state index in [2.05, 4.69) is 6.58 Å². The lowest BCUT2D eigenvalue weighted by atomic mass is 9.56. The molecule has 4 saturated carbocycles. The van der Waals surface area contributed by atoms with Crippen LogP contribution in [0.3, 0.4) is 0 Å². The highest BCUT2D eigenvalue weighted by molar-refractivity contribution is 5.83. The van der Waals surface area contributed by atoms with Crippen LogP contribution in [-0.4, -0.2) is 37.4 Å². The molecule has 4 aliphatic rings. The Hall–Kier alpha value is -1.36. The van der Waals surface area contributed by atoms with Gasteiger partial charge in [-0.1, -0.05) is 19.1 Å². The number of methoxy groups -OCH3 is 2. The maximum absolute atomic E-state index is 13.2. The molecule has 4 aliphatic carbocycles. The van der Waals surface area contributed by atoms with Crippen LogP contribution < -0.4 is 0 Å². The number of hydrogen-bond acceptors (Lipinski definition) is 5. The zero-order valence-electron chi connectivity index (χ0n) is 16.0. The Morgan fingerprint density at radius 3 is 2.58 bits per heavy atom. The predicted octanol–water partition coefficient (Wildman–Crippen LogP) is 2.72. The van der Waals surface area contributed by atoms with E-state index in [4.69, 9.17) is 9.47 Å². The summed E-state index contributed by atoms with van der Waals surface area (Å²) in [5.74, 6) is -0.644. The molecule has 0 aromatic heterocycles. The quantitative estimate of drug-likeness (QED) is 0.604. The summed E-state index contributed by atoms with van der Waals surface area (Å²) in [6.45, 7) is 6.28. The average molecular weight is 362 g/mol. The monoisotopic (exact) mass is 362 g/mol. The Kier molecular flexibility index (Phi) is 4.03. The smallest absolute Gasteiger partial charge is 0.312 e. The van der Waals surface area contributed by atoms with E-state index < -0.39 is 11.5 Å². The summed E-state index contributed by atoms with van der Waals surface area (Å²) in [4.78, 5) is 26.2. The molecule has 5 heteroatoms. The number of rotatable bonds is 2.